The number of nitriles is 1. The van der Waals surface area contributed by atoms with Crippen molar-refractivity contribution in [3.05, 3.63) is 51.5 Å². The van der Waals surface area contributed by atoms with Crippen LogP contribution in [0.2, 0.25) is 0 Å². The zero-order valence-electron chi connectivity index (χ0n) is 16.4. The van der Waals surface area contributed by atoms with Crippen LogP contribution >= 0.6 is 0 Å². The van der Waals surface area contributed by atoms with Gasteiger partial charge in [0.15, 0.2) is 5.69 Å². The van der Waals surface area contributed by atoms with Crippen molar-refractivity contribution in [3.8, 4) is 6.07 Å². The second-order valence-electron chi connectivity index (χ2n) is 6.82. The summed E-state index contributed by atoms with van der Waals surface area (Å²) in [5, 5.41) is 19.2. The monoisotopic (exact) mass is 453 g/mol. The summed E-state index contributed by atoms with van der Waals surface area (Å²) < 4.78 is 59.8. The minimum absolute atomic E-state index is 0.0424. The van der Waals surface area contributed by atoms with E-state index in [4.69, 9.17) is 4.74 Å². The van der Waals surface area contributed by atoms with Gasteiger partial charge in [-0.25, -0.2) is 27.2 Å². The number of ether oxygens (including phenoxy) is 1. The Balaban J connectivity index is 2.25. The van der Waals surface area contributed by atoms with Gasteiger partial charge in [0, 0.05) is 13.1 Å². The molecule has 31 heavy (non-hydrogen) atoms. The third-order valence-electron chi connectivity index (χ3n) is 4.61. The molecule has 1 aromatic heterocycles. The molecule has 1 saturated heterocycles. The molecular weight excluding hydrogens is 436 g/mol. The number of aryl methyl sites for hydroxylation is 1. The molecule has 0 saturated carbocycles. The first-order valence-corrected chi connectivity index (χ1v) is 10.6. The summed E-state index contributed by atoms with van der Waals surface area (Å²) in [4.78, 5) is 19.1. The van der Waals surface area contributed by atoms with E-state index in [-0.39, 0.29) is 37.4 Å². The lowest BCUT2D eigenvalue weighted by atomic mass is 10.2. The summed E-state index contributed by atoms with van der Waals surface area (Å²) in [7, 11) is -5.05. The standard InChI is InChI=1S/C18H17F2N5O5S/c1-10-9-24(6-7-30-10)18-16(25(26)27)15(22-11(2)23-18)14(8-21)31(28,29)17-12(19)4-3-5-13(17)20/h3-5,10,14H,6-7,9H2,1-2H3. The largest absolute Gasteiger partial charge is 0.375 e. The first-order chi connectivity index (χ1) is 14.6. The van der Waals surface area contributed by atoms with Gasteiger partial charge < -0.3 is 9.64 Å². The van der Waals surface area contributed by atoms with Gasteiger partial charge in [0.1, 0.15) is 22.4 Å². The number of hydrogen-bond acceptors (Lipinski definition) is 9. The van der Waals surface area contributed by atoms with Gasteiger partial charge in [0.2, 0.25) is 20.9 Å². The number of benzene rings is 1. The molecule has 10 nitrogen and oxygen atoms in total. The molecule has 2 atom stereocenters. The maximum Gasteiger partial charge on any atom is 0.335 e. The lowest BCUT2D eigenvalue weighted by molar-refractivity contribution is -0.385. The number of nitrogens with zero attached hydrogens (tertiary/aromatic N) is 5. The van der Waals surface area contributed by atoms with Crippen molar-refractivity contribution in [3.63, 3.8) is 0 Å². The highest BCUT2D eigenvalue weighted by Gasteiger charge is 2.42. The van der Waals surface area contributed by atoms with Crippen molar-refractivity contribution in [1.82, 2.24) is 9.97 Å². The van der Waals surface area contributed by atoms with E-state index < -0.39 is 47.9 Å². The van der Waals surface area contributed by atoms with Crippen LogP contribution in [-0.4, -0.2) is 49.1 Å². The highest BCUT2D eigenvalue weighted by molar-refractivity contribution is 7.92. The molecule has 1 aromatic carbocycles. The topological polar surface area (TPSA) is 139 Å². The molecule has 2 aromatic rings. The number of aromatic nitrogens is 2. The van der Waals surface area contributed by atoms with E-state index in [1.165, 1.54) is 17.9 Å². The summed E-state index contributed by atoms with van der Waals surface area (Å²) in [6.07, 6.45) is -0.282. The van der Waals surface area contributed by atoms with Crippen LogP contribution in [0.3, 0.4) is 0 Å². The molecule has 0 N–H and O–H groups in total. The van der Waals surface area contributed by atoms with Crippen LogP contribution in [0.5, 0.6) is 0 Å². The molecule has 3 rings (SSSR count). The zero-order valence-corrected chi connectivity index (χ0v) is 17.3. The first kappa shape index (κ1) is 22.4. The number of anilines is 1. The molecular formula is C18H17F2N5O5S. The van der Waals surface area contributed by atoms with Crippen LogP contribution in [0, 0.1) is 40.0 Å². The lowest BCUT2D eigenvalue weighted by Gasteiger charge is -2.32. The van der Waals surface area contributed by atoms with E-state index in [0.29, 0.717) is 12.1 Å². The molecule has 1 aliphatic heterocycles. The highest BCUT2D eigenvalue weighted by Crippen LogP contribution is 2.39. The van der Waals surface area contributed by atoms with Gasteiger partial charge in [-0.2, -0.15) is 5.26 Å². The van der Waals surface area contributed by atoms with E-state index in [2.05, 4.69) is 9.97 Å². The Morgan fingerprint density at radius 1 is 1.35 bits per heavy atom. The molecule has 1 fully saturated rings. The van der Waals surface area contributed by atoms with Crippen molar-refractivity contribution in [2.45, 2.75) is 30.1 Å². The molecule has 2 heterocycles. The number of nitro groups is 1. The second kappa shape index (κ2) is 8.48. The van der Waals surface area contributed by atoms with Crippen molar-refractivity contribution < 1.29 is 26.9 Å². The molecule has 1 aliphatic rings. The molecule has 0 bridgehead atoms. The third kappa shape index (κ3) is 4.17. The summed E-state index contributed by atoms with van der Waals surface area (Å²) >= 11 is 0. The van der Waals surface area contributed by atoms with Crippen molar-refractivity contribution >= 4 is 21.3 Å². The average molecular weight is 453 g/mol. The summed E-state index contributed by atoms with van der Waals surface area (Å²) in [6, 6.07) is 3.80. The Kier molecular flexibility index (Phi) is 6.14. The van der Waals surface area contributed by atoms with Crippen LogP contribution in [-0.2, 0) is 14.6 Å². The van der Waals surface area contributed by atoms with Crippen LogP contribution in [0.1, 0.15) is 23.7 Å². The number of hydrogen-bond donors (Lipinski definition) is 0. The lowest BCUT2D eigenvalue weighted by Crippen LogP contribution is -2.42. The normalized spacial score (nSPS) is 17.8. The molecule has 0 spiro atoms. The summed E-state index contributed by atoms with van der Waals surface area (Å²) in [6.45, 7) is 3.81. The average Bonchev–Trinajstić information content (AvgIpc) is 2.67. The van der Waals surface area contributed by atoms with Crippen LogP contribution in [0.25, 0.3) is 0 Å². The number of morpholine rings is 1. The fourth-order valence-electron chi connectivity index (χ4n) is 3.31. The summed E-state index contributed by atoms with van der Waals surface area (Å²) in [5.74, 6) is -3.07. The van der Waals surface area contributed by atoms with Crippen LogP contribution in [0.15, 0.2) is 23.1 Å². The maximum absolute atomic E-state index is 14.2. The van der Waals surface area contributed by atoms with E-state index >= 15 is 0 Å². The van der Waals surface area contributed by atoms with Gasteiger partial charge in [-0.1, -0.05) is 6.07 Å². The fraction of sp³-hybridized carbons (Fsp3) is 0.389. The van der Waals surface area contributed by atoms with Gasteiger partial charge in [-0.3, -0.25) is 10.1 Å². The number of halogens is 2. The van der Waals surface area contributed by atoms with Crippen molar-refractivity contribution in [1.29, 1.82) is 5.26 Å². The zero-order chi connectivity index (χ0) is 22.9. The number of sulfone groups is 1. The quantitative estimate of drug-likeness (QED) is 0.492. The molecule has 164 valence electrons. The van der Waals surface area contributed by atoms with E-state index in [1.807, 2.05) is 0 Å². The Hall–Kier alpha value is -3.24. The van der Waals surface area contributed by atoms with E-state index in [1.54, 1.807) is 6.92 Å². The predicted molar refractivity (Wildman–Crippen MR) is 103 cm³/mol. The van der Waals surface area contributed by atoms with Gasteiger partial charge in [0.25, 0.3) is 0 Å². The third-order valence-corrected chi connectivity index (χ3v) is 6.52. The number of rotatable bonds is 5. The molecule has 0 amide bonds. The highest BCUT2D eigenvalue weighted by atomic mass is 32.2. The van der Waals surface area contributed by atoms with Gasteiger partial charge in [-0.15, -0.1) is 0 Å². The SMILES string of the molecule is Cc1nc(C(C#N)S(=O)(=O)c2c(F)cccc2F)c([N+](=O)[O-])c(N2CCOC(C)C2)n1. The van der Waals surface area contributed by atoms with Crippen molar-refractivity contribution in [2.75, 3.05) is 24.6 Å². The minimum atomic E-state index is -5.05. The smallest absolute Gasteiger partial charge is 0.335 e. The second-order valence-corrected chi connectivity index (χ2v) is 8.79. The Morgan fingerprint density at radius 2 is 2.00 bits per heavy atom. The Bertz CT molecular complexity index is 1160. The van der Waals surface area contributed by atoms with Crippen LogP contribution < -0.4 is 4.90 Å². The van der Waals surface area contributed by atoms with E-state index in [9.17, 15) is 32.6 Å². The molecule has 2 unspecified atom stereocenters. The predicted octanol–water partition coefficient (Wildman–Crippen LogP) is 2.24. The van der Waals surface area contributed by atoms with Gasteiger partial charge in [-0.05, 0) is 26.0 Å². The van der Waals surface area contributed by atoms with Gasteiger partial charge in [0.05, 0.1) is 23.7 Å². The molecule has 13 heteroatoms. The maximum atomic E-state index is 14.2. The summed E-state index contributed by atoms with van der Waals surface area (Å²) in [5.41, 5.74) is -1.57. The minimum Gasteiger partial charge on any atom is -0.375 e. The first-order valence-electron chi connectivity index (χ1n) is 9.05. The molecule has 0 aliphatic carbocycles. The van der Waals surface area contributed by atoms with Crippen LogP contribution in [0.4, 0.5) is 20.3 Å². The fourth-order valence-corrected chi connectivity index (χ4v) is 4.82. The van der Waals surface area contributed by atoms with Crippen molar-refractivity contribution in [2.24, 2.45) is 0 Å². The van der Waals surface area contributed by atoms with Gasteiger partial charge >= 0.3 is 5.69 Å². The van der Waals surface area contributed by atoms with E-state index in [0.717, 1.165) is 6.07 Å². The Morgan fingerprint density at radius 3 is 2.55 bits per heavy atom. The molecule has 0 radical (unpaired) electrons. The Labute approximate surface area is 176 Å².